The summed E-state index contributed by atoms with van der Waals surface area (Å²) in [5.41, 5.74) is 6.36. The minimum absolute atomic E-state index is 0.0512. The minimum Gasteiger partial charge on any atom is -0.369 e. The minimum atomic E-state index is -0.313. The van der Waals surface area contributed by atoms with Gasteiger partial charge in [-0.25, -0.2) is 0 Å². The van der Waals surface area contributed by atoms with Crippen molar-refractivity contribution in [2.75, 3.05) is 6.54 Å². The molecule has 2 N–H and O–H groups in total. The van der Waals surface area contributed by atoms with Crippen LogP contribution in [0.5, 0.6) is 0 Å². The molecule has 102 valence electrons. The van der Waals surface area contributed by atoms with Gasteiger partial charge in [-0.2, -0.15) is 11.3 Å². The van der Waals surface area contributed by atoms with Crippen LogP contribution in [0.1, 0.15) is 25.3 Å². The first-order chi connectivity index (χ1) is 9.08. The van der Waals surface area contributed by atoms with Gasteiger partial charge in [-0.3, -0.25) is 9.59 Å². The van der Waals surface area contributed by atoms with E-state index in [9.17, 15) is 9.59 Å². The smallest absolute Gasteiger partial charge is 0.246 e. The molecule has 0 bridgehead atoms. The number of nitrogens with two attached hydrogens (primary N) is 1. The number of amides is 2. The zero-order valence-electron chi connectivity index (χ0n) is 10.9. The summed E-state index contributed by atoms with van der Waals surface area (Å²) in [5.74, 6) is -0.578. The van der Waals surface area contributed by atoms with Crippen molar-refractivity contribution in [2.24, 2.45) is 11.7 Å². The molecular formula is C14H18N2O2S. The standard InChI is InChI=1S/C14H18N2O2S/c1-10-2-4-12(14(15)18)8-16(10)13(17)5-3-11-6-7-19-9-11/h3,5-7,9-10,12H,2,4,8H2,1H3,(H2,15,18)/b5-3+/t10-,12-/m1/s1. The van der Waals surface area contributed by atoms with Crippen LogP contribution in [0.2, 0.25) is 0 Å². The van der Waals surface area contributed by atoms with Gasteiger partial charge in [0.2, 0.25) is 11.8 Å². The number of carbonyl (C=O) groups is 2. The Balaban J connectivity index is 2.02. The van der Waals surface area contributed by atoms with Crippen molar-refractivity contribution in [1.82, 2.24) is 4.90 Å². The van der Waals surface area contributed by atoms with Crippen molar-refractivity contribution in [3.8, 4) is 0 Å². The fraction of sp³-hybridized carbons (Fsp3) is 0.429. The maximum Gasteiger partial charge on any atom is 0.246 e. The largest absolute Gasteiger partial charge is 0.369 e. The first kappa shape index (κ1) is 13.8. The van der Waals surface area contributed by atoms with E-state index in [0.29, 0.717) is 6.54 Å². The summed E-state index contributed by atoms with van der Waals surface area (Å²) in [6.07, 6.45) is 4.97. The van der Waals surface area contributed by atoms with Crippen molar-refractivity contribution in [1.29, 1.82) is 0 Å². The predicted molar refractivity (Wildman–Crippen MR) is 76.4 cm³/mol. The molecule has 2 amide bonds. The SMILES string of the molecule is C[C@@H]1CC[C@@H](C(N)=O)CN1C(=O)/C=C/c1ccsc1. The fourth-order valence-electron chi connectivity index (χ4n) is 2.28. The average molecular weight is 278 g/mol. The Morgan fingerprint density at radius 2 is 2.26 bits per heavy atom. The number of carbonyl (C=O) groups excluding carboxylic acids is 2. The van der Waals surface area contributed by atoms with Gasteiger partial charge in [-0.15, -0.1) is 0 Å². The van der Waals surface area contributed by atoms with Crippen LogP contribution in [0.3, 0.4) is 0 Å². The first-order valence-electron chi connectivity index (χ1n) is 6.38. The number of piperidine rings is 1. The molecule has 0 unspecified atom stereocenters. The molecule has 2 rings (SSSR count). The van der Waals surface area contributed by atoms with Gasteiger partial charge < -0.3 is 10.6 Å². The lowest BCUT2D eigenvalue weighted by Gasteiger charge is -2.36. The normalized spacial score (nSPS) is 23.7. The number of rotatable bonds is 3. The molecule has 1 aromatic rings. The van der Waals surface area contributed by atoms with Crippen molar-refractivity contribution in [3.63, 3.8) is 0 Å². The van der Waals surface area contributed by atoms with E-state index >= 15 is 0 Å². The lowest BCUT2D eigenvalue weighted by atomic mass is 9.93. The fourth-order valence-corrected chi connectivity index (χ4v) is 2.91. The van der Waals surface area contributed by atoms with Gasteiger partial charge in [0.05, 0.1) is 5.92 Å². The number of likely N-dealkylation sites (tertiary alicyclic amines) is 1. The van der Waals surface area contributed by atoms with Crippen LogP contribution in [0, 0.1) is 5.92 Å². The highest BCUT2D eigenvalue weighted by Gasteiger charge is 2.30. The topological polar surface area (TPSA) is 63.4 Å². The van der Waals surface area contributed by atoms with Gasteiger partial charge in [-0.1, -0.05) is 0 Å². The van der Waals surface area contributed by atoms with Gasteiger partial charge in [0.15, 0.2) is 0 Å². The summed E-state index contributed by atoms with van der Waals surface area (Å²) in [6, 6.07) is 2.12. The van der Waals surface area contributed by atoms with E-state index in [4.69, 9.17) is 5.73 Å². The summed E-state index contributed by atoms with van der Waals surface area (Å²) in [6.45, 7) is 2.44. The molecule has 1 aromatic heterocycles. The number of primary amides is 1. The predicted octanol–water partition coefficient (Wildman–Crippen LogP) is 1.87. The van der Waals surface area contributed by atoms with E-state index in [0.717, 1.165) is 18.4 Å². The number of nitrogens with zero attached hydrogens (tertiary/aromatic N) is 1. The zero-order chi connectivity index (χ0) is 13.8. The molecule has 2 atom stereocenters. The van der Waals surface area contributed by atoms with E-state index in [-0.39, 0.29) is 23.8 Å². The van der Waals surface area contributed by atoms with E-state index < -0.39 is 0 Å². The monoisotopic (exact) mass is 278 g/mol. The van der Waals surface area contributed by atoms with Gasteiger partial charge >= 0.3 is 0 Å². The Labute approximate surface area is 116 Å². The van der Waals surface area contributed by atoms with Crippen LogP contribution < -0.4 is 5.73 Å². The first-order valence-corrected chi connectivity index (χ1v) is 7.32. The maximum absolute atomic E-state index is 12.2. The molecule has 1 saturated heterocycles. The number of hydrogen-bond acceptors (Lipinski definition) is 3. The summed E-state index contributed by atoms with van der Waals surface area (Å²) in [4.78, 5) is 25.1. The maximum atomic E-state index is 12.2. The van der Waals surface area contributed by atoms with Gasteiger partial charge in [0.25, 0.3) is 0 Å². The van der Waals surface area contributed by atoms with Crippen molar-refractivity contribution < 1.29 is 9.59 Å². The highest BCUT2D eigenvalue weighted by molar-refractivity contribution is 7.08. The summed E-state index contributed by atoms with van der Waals surface area (Å²) in [5, 5.41) is 3.95. The summed E-state index contributed by atoms with van der Waals surface area (Å²) >= 11 is 1.59. The van der Waals surface area contributed by atoms with Crippen molar-refractivity contribution in [3.05, 3.63) is 28.5 Å². The lowest BCUT2D eigenvalue weighted by molar-refractivity contribution is -0.133. The molecule has 0 aliphatic carbocycles. The molecule has 2 heterocycles. The van der Waals surface area contributed by atoms with E-state index in [1.807, 2.05) is 23.8 Å². The van der Waals surface area contributed by atoms with Gasteiger partial charge in [0.1, 0.15) is 0 Å². The molecule has 1 aliphatic heterocycles. The second-order valence-corrected chi connectivity index (χ2v) is 5.69. The Morgan fingerprint density at radius 3 is 2.89 bits per heavy atom. The van der Waals surface area contributed by atoms with Gasteiger partial charge in [-0.05, 0) is 48.2 Å². The highest BCUT2D eigenvalue weighted by atomic mass is 32.1. The number of thiophene rings is 1. The van der Waals surface area contributed by atoms with E-state index in [1.54, 1.807) is 28.4 Å². The van der Waals surface area contributed by atoms with Crippen molar-refractivity contribution in [2.45, 2.75) is 25.8 Å². The molecule has 19 heavy (non-hydrogen) atoms. The van der Waals surface area contributed by atoms with Crippen molar-refractivity contribution >= 4 is 29.2 Å². The quantitative estimate of drug-likeness (QED) is 0.858. The van der Waals surface area contributed by atoms with Crippen LogP contribution in [0.25, 0.3) is 6.08 Å². The van der Waals surface area contributed by atoms with E-state index in [1.165, 1.54) is 0 Å². The second-order valence-electron chi connectivity index (χ2n) is 4.91. The average Bonchev–Trinajstić information content (AvgIpc) is 2.89. The zero-order valence-corrected chi connectivity index (χ0v) is 11.7. The molecule has 0 saturated carbocycles. The molecule has 0 radical (unpaired) electrons. The highest BCUT2D eigenvalue weighted by Crippen LogP contribution is 2.22. The number of hydrogen-bond donors (Lipinski definition) is 1. The third-order valence-electron chi connectivity index (χ3n) is 3.53. The summed E-state index contributed by atoms with van der Waals surface area (Å²) < 4.78 is 0. The van der Waals surface area contributed by atoms with Crippen LogP contribution in [-0.2, 0) is 9.59 Å². The molecule has 1 fully saturated rings. The van der Waals surface area contributed by atoms with Crippen LogP contribution in [0.15, 0.2) is 22.9 Å². The molecular weight excluding hydrogens is 260 g/mol. The third kappa shape index (κ3) is 3.44. The molecule has 5 heteroatoms. The van der Waals surface area contributed by atoms with Crippen LogP contribution in [0.4, 0.5) is 0 Å². The lowest BCUT2D eigenvalue weighted by Crippen LogP contribution is -2.48. The van der Waals surface area contributed by atoms with Crippen LogP contribution >= 0.6 is 11.3 Å². The molecule has 0 spiro atoms. The Kier molecular flexibility index (Phi) is 4.37. The third-order valence-corrected chi connectivity index (χ3v) is 4.23. The molecule has 4 nitrogen and oxygen atoms in total. The van der Waals surface area contributed by atoms with E-state index in [2.05, 4.69) is 0 Å². The van der Waals surface area contributed by atoms with Gasteiger partial charge in [0, 0.05) is 18.7 Å². The van der Waals surface area contributed by atoms with Crippen LogP contribution in [-0.4, -0.2) is 29.3 Å². The Hall–Kier alpha value is -1.62. The summed E-state index contributed by atoms with van der Waals surface area (Å²) in [7, 11) is 0. The molecule has 1 aliphatic rings. The second kappa shape index (κ2) is 6.02. The Bertz CT molecular complexity index is 482. The Morgan fingerprint density at radius 1 is 1.47 bits per heavy atom. The molecule has 0 aromatic carbocycles.